The molecule has 0 aliphatic carbocycles. The SMILES string of the molecule is COc1ccc(N(C)Cc2occc2C(=O)O)cc1. The highest BCUT2D eigenvalue weighted by Crippen LogP contribution is 2.21. The van der Waals surface area contributed by atoms with Gasteiger partial charge >= 0.3 is 5.97 Å². The van der Waals surface area contributed by atoms with Gasteiger partial charge in [-0.25, -0.2) is 4.79 Å². The van der Waals surface area contributed by atoms with Gasteiger partial charge in [-0.2, -0.15) is 0 Å². The van der Waals surface area contributed by atoms with E-state index in [1.807, 2.05) is 36.2 Å². The third-order valence-electron chi connectivity index (χ3n) is 2.87. The van der Waals surface area contributed by atoms with Crippen molar-refractivity contribution in [2.45, 2.75) is 6.54 Å². The predicted octanol–water partition coefficient (Wildman–Crippen LogP) is 2.62. The average molecular weight is 261 g/mol. The normalized spacial score (nSPS) is 10.2. The smallest absolute Gasteiger partial charge is 0.339 e. The van der Waals surface area contributed by atoms with Crippen LogP contribution in [0.5, 0.6) is 5.75 Å². The van der Waals surface area contributed by atoms with Crippen LogP contribution in [0.4, 0.5) is 5.69 Å². The lowest BCUT2D eigenvalue weighted by Gasteiger charge is -2.18. The largest absolute Gasteiger partial charge is 0.497 e. The van der Waals surface area contributed by atoms with Crippen LogP contribution in [0.1, 0.15) is 16.1 Å². The summed E-state index contributed by atoms with van der Waals surface area (Å²) in [6, 6.07) is 8.97. The summed E-state index contributed by atoms with van der Waals surface area (Å²) in [4.78, 5) is 12.9. The second-order valence-electron chi connectivity index (χ2n) is 4.12. The van der Waals surface area contributed by atoms with E-state index >= 15 is 0 Å². The second-order valence-corrected chi connectivity index (χ2v) is 4.12. The summed E-state index contributed by atoms with van der Waals surface area (Å²) in [5.74, 6) is 0.235. The molecular weight excluding hydrogens is 246 g/mol. The number of carboxylic acid groups (broad SMARTS) is 1. The van der Waals surface area contributed by atoms with Gasteiger partial charge < -0.3 is 19.2 Å². The molecule has 19 heavy (non-hydrogen) atoms. The van der Waals surface area contributed by atoms with Crippen LogP contribution in [-0.4, -0.2) is 25.2 Å². The molecule has 0 bridgehead atoms. The molecule has 0 fully saturated rings. The molecule has 0 amide bonds. The van der Waals surface area contributed by atoms with E-state index in [0.717, 1.165) is 11.4 Å². The van der Waals surface area contributed by atoms with Gasteiger partial charge in [0.1, 0.15) is 17.1 Å². The Labute approximate surface area is 111 Å². The number of hydrogen-bond donors (Lipinski definition) is 1. The van der Waals surface area contributed by atoms with Gasteiger partial charge in [0.25, 0.3) is 0 Å². The molecule has 1 N–H and O–H groups in total. The molecule has 2 aromatic rings. The molecule has 1 heterocycles. The molecule has 1 aromatic heterocycles. The Morgan fingerprint density at radius 2 is 2.00 bits per heavy atom. The van der Waals surface area contributed by atoms with Gasteiger partial charge in [0.15, 0.2) is 0 Å². The minimum atomic E-state index is -0.980. The molecule has 0 atom stereocenters. The molecule has 100 valence electrons. The van der Waals surface area contributed by atoms with Crippen LogP contribution < -0.4 is 9.64 Å². The van der Waals surface area contributed by atoms with Crippen molar-refractivity contribution in [1.82, 2.24) is 0 Å². The lowest BCUT2D eigenvalue weighted by molar-refractivity contribution is 0.0694. The Morgan fingerprint density at radius 3 is 2.58 bits per heavy atom. The summed E-state index contributed by atoms with van der Waals surface area (Å²) in [6.45, 7) is 0.390. The highest BCUT2D eigenvalue weighted by atomic mass is 16.5. The van der Waals surface area contributed by atoms with Crippen molar-refractivity contribution in [2.24, 2.45) is 0 Å². The topological polar surface area (TPSA) is 62.9 Å². The van der Waals surface area contributed by atoms with Crippen molar-refractivity contribution >= 4 is 11.7 Å². The Morgan fingerprint density at radius 1 is 1.32 bits per heavy atom. The van der Waals surface area contributed by atoms with E-state index < -0.39 is 5.97 Å². The minimum absolute atomic E-state index is 0.195. The maximum absolute atomic E-state index is 11.0. The van der Waals surface area contributed by atoms with Crippen molar-refractivity contribution in [3.05, 3.63) is 47.9 Å². The molecule has 0 aliphatic heterocycles. The fraction of sp³-hybridized carbons (Fsp3) is 0.214. The number of methoxy groups -OCH3 is 1. The number of furan rings is 1. The van der Waals surface area contributed by atoms with E-state index in [9.17, 15) is 4.79 Å². The van der Waals surface area contributed by atoms with Crippen molar-refractivity contribution < 1.29 is 19.1 Å². The summed E-state index contributed by atoms with van der Waals surface area (Å²) >= 11 is 0. The standard InChI is InChI=1S/C14H15NO4/c1-15(10-3-5-11(18-2)6-4-10)9-13-12(14(16)17)7-8-19-13/h3-8H,9H2,1-2H3,(H,16,17). The fourth-order valence-electron chi connectivity index (χ4n) is 1.80. The van der Waals surface area contributed by atoms with Gasteiger partial charge in [-0.05, 0) is 30.3 Å². The van der Waals surface area contributed by atoms with Crippen LogP contribution in [0.25, 0.3) is 0 Å². The Hall–Kier alpha value is -2.43. The molecule has 5 heteroatoms. The summed E-state index contributed by atoms with van der Waals surface area (Å²) < 4.78 is 10.3. The number of aromatic carboxylic acids is 1. The summed E-state index contributed by atoms with van der Waals surface area (Å²) in [7, 11) is 3.48. The third-order valence-corrected chi connectivity index (χ3v) is 2.87. The van der Waals surface area contributed by atoms with Crippen LogP contribution in [0, 0.1) is 0 Å². The molecule has 5 nitrogen and oxygen atoms in total. The van der Waals surface area contributed by atoms with Crippen LogP contribution in [0.2, 0.25) is 0 Å². The van der Waals surface area contributed by atoms with Crippen LogP contribution in [0.15, 0.2) is 41.0 Å². The lowest BCUT2D eigenvalue weighted by Crippen LogP contribution is -2.17. The van der Waals surface area contributed by atoms with Crippen molar-refractivity contribution in [2.75, 3.05) is 19.1 Å². The van der Waals surface area contributed by atoms with Gasteiger partial charge in [0.05, 0.1) is 19.9 Å². The number of hydrogen-bond acceptors (Lipinski definition) is 4. The molecule has 2 rings (SSSR count). The molecule has 0 spiro atoms. The number of nitrogens with zero attached hydrogens (tertiary/aromatic N) is 1. The first kappa shape index (κ1) is 13.0. The molecule has 0 saturated carbocycles. The zero-order valence-corrected chi connectivity index (χ0v) is 10.8. The zero-order chi connectivity index (χ0) is 13.8. The van der Waals surface area contributed by atoms with Crippen LogP contribution in [-0.2, 0) is 6.54 Å². The molecule has 1 aromatic carbocycles. The maximum atomic E-state index is 11.0. The predicted molar refractivity (Wildman–Crippen MR) is 70.8 cm³/mol. The van der Waals surface area contributed by atoms with Crippen LogP contribution in [0.3, 0.4) is 0 Å². The second kappa shape index (κ2) is 5.48. The van der Waals surface area contributed by atoms with Gasteiger partial charge in [-0.3, -0.25) is 0 Å². The summed E-state index contributed by atoms with van der Waals surface area (Å²) in [5.41, 5.74) is 1.15. The van der Waals surface area contributed by atoms with E-state index in [4.69, 9.17) is 14.3 Å². The number of carbonyl (C=O) groups is 1. The Bertz CT molecular complexity index is 559. The fourth-order valence-corrected chi connectivity index (χ4v) is 1.80. The monoisotopic (exact) mass is 261 g/mol. The number of carboxylic acids is 1. The minimum Gasteiger partial charge on any atom is -0.497 e. The maximum Gasteiger partial charge on any atom is 0.339 e. The number of rotatable bonds is 5. The van der Waals surface area contributed by atoms with Gasteiger partial charge in [-0.1, -0.05) is 0 Å². The van der Waals surface area contributed by atoms with Gasteiger partial charge in [-0.15, -0.1) is 0 Å². The van der Waals surface area contributed by atoms with E-state index in [-0.39, 0.29) is 5.56 Å². The Balaban J connectivity index is 2.13. The first-order valence-corrected chi connectivity index (χ1v) is 5.76. The molecule has 0 radical (unpaired) electrons. The lowest BCUT2D eigenvalue weighted by atomic mass is 10.2. The third kappa shape index (κ3) is 2.88. The Kier molecular flexibility index (Phi) is 3.75. The first-order valence-electron chi connectivity index (χ1n) is 5.76. The first-order chi connectivity index (χ1) is 9.11. The summed E-state index contributed by atoms with van der Waals surface area (Å²) in [6.07, 6.45) is 1.39. The number of ether oxygens (including phenoxy) is 1. The van der Waals surface area contributed by atoms with Gasteiger partial charge in [0, 0.05) is 12.7 Å². The van der Waals surface area contributed by atoms with E-state index in [2.05, 4.69) is 0 Å². The van der Waals surface area contributed by atoms with Crippen molar-refractivity contribution in [3.63, 3.8) is 0 Å². The highest BCUT2D eigenvalue weighted by Gasteiger charge is 2.15. The average Bonchev–Trinajstić information content (AvgIpc) is 2.87. The van der Waals surface area contributed by atoms with Crippen molar-refractivity contribution in [3.8, 4) is 5.75 Å². The molecule has 0 unspecified atom stereocenters. The zero-order valence-electron chi connectivity index (χ0n) is 10.8. The molecule has 0 aliphatic rings. The quantitative estimate of drug-likeness (QED) is 0.896. The number of benzene rings is 1. The summed E-state index contributed by atoms with van der Waals surface area (Å²) in [5, 5.41) is 9.01. The highest BCUT2D eigenvalue weighted by molar-refractivity contribution is 5.88. The van der Waals surface area contributed by atoms with Crippen LogP contribution >= 0.6 is 0 Å². The van der Waals surface area contributed by atoms with E-state index in [1.165, 1.54) is 12.3 Å². The van der Waals surface area contributed by atoms with E-state index in [0.29, 0.717) is 12.3 Å². The van der Waals surface area contributed by atoms with Crippen molar-refractivity contribution in [1.29, 1.82) is 0 Å². The van der Waals surface area contributed by atoms with E-state index in [1.54, 1.807) is 7.11 Å². The molecule has 0 saturated heterocycles. The molecular formula is C14H15NO4. The van der Waals surface area contributed by atoms with Gasteiger partial charge in [0.2, 0.25) is 0 Å². The number of anilines is 1.